The molecule has 11 rings (SSSR count). The average Bonchev–Trinajstić information content (AvgIpc) is 3.83. The number of hydrogen-bond donors (Lipinski definition) is 0. The normalized spacial score (nSPS) is 15.8. The van der Waals surface area contributed by atoms with Crippen LogP contribution in [-0.4, -0.2) is 24.1 Å². The third-order valence-electron chi connectivity index (χ3n) is 13.4. The SMILES string of the molecule is CC1C(C)(C)c2ccc(-c3ccccc3-n3c4ccccc4c4ccc5c6ccccc6n(-c6nc(-c7ccccc7)nc(-c7ccccc7)n6)c5c43)cc2C1(C)C. The molecule has 0 saturated heterocycles. The zero-order valence-electron chi connectivity index (χ0n) is 33.4. The molecule has 1 unspecified atom stereocenters. The molecule has 7 aromatic carbocycles. The molecule has 0 radical (unpaired) electrons. The number of nitrogens with zero attached hydrogens (tertiary/aromatic N) is 5. The van der Waals surface area contributed by atoms with Crippen molar-refractivity contribution in [3.05, 3.63) is 175 Å². The molecule has 0 spiro atoms. The fourth-order valence-corrected chi connectivity index (χ4v) is 9.94. The summed E-state index contributed by atoms with van der Waals surface area (Å²) in [5, 5.41) is 4.66. The predicted octanol–water partition coefficient (Wildman–Crippen LogP) is 13.3. The van der Waals surface area contributed by atoms with E-state index in [1.54, 1.807) is 0 Å². The largest absolute Gasteiger partial charge is 0.307 e. The Labute approximate surface area is 338 Å². The van der Waals surface area contributed by atoms with Gasteiger partial charge in [-0.25, -0.2) is 4.98 Å². The fraction of sp³-hybridized carbons (Fsp3) is 0.151. The lowest BCUT2D eigenvalue weighted by molar-refractivity contribution is 0.264. The van der Waals surface area contributed by atoms with Crippen molar-refractivity contribution in [3.63, 3.8) is 0 Å². The van der Waals surface area contributed by atoms with E-state index in [9.17, 15) is 0 Å². The first-order chi connectivity index (χ1) is 28.2. The lowest BCUT2D eigenvalue weighted by Gasteiger charge is -2.32. The molecule has 1 aliphatic rings. The van der Waals surface area contributed by atoms with Crippen LogP contribution in [0.4, 0.5) is 0 Å². The topological polar surface area (TPSA) is 48.5 Å². The number of hydrogen-bond acceptors (Lipinski definition) is 3. The summed E-state index contributed by atoms with van der Waals surface area (Å²) in [6, 6.07) is 58.6. The molecule has 280 valence electrons. The molecule has 5 nitrogen and oxygen atoms in total. The van der Waals surface area contributed by atoms with Crippen LogP contribution >= 0.6 is 0 Å². The van der Waals surface area contributed by atoms with Gasteiger partial charge < -0.3 is 4.57 Å². The summed E-state index contributed by atoms with van der Waals surface area (Å²) in [6.07, 6.45) is 0. The summed E-state index contributed by atoms with van der Waals surface area (Å²) < 4.78 is 4.76. The highest BCUT2D eigenvalue weighted by Crippen LogP contribution is 2.54. The Morgan fingerprint density at radius 1 is 0.431 bits per heavy atom. The van der Waals surface area contributed by atoms with Gasteiger partial charge in [0.05, 0.1) is 27.8 Å². The van der Waals surface area contributed by atoms with E-state index >= 15 is 0 Å². The minimum absolute atomic E-state index is 0.0471. The minimum Gasteiger partial charge on any atom is -0.307 e. The number of benzene rings is 7. The van der Waals surface area contributed by atoms with Crippen LogP contribution in [0.3, 0.4) is 0 Å². The van der Waals surface area contributed by atoms with E-state index in [0.717, 1.165) is 49.7 Å². The fourth-order valence-electron chi connectivity index (χ4n) is 9.94. The highest BCUT2D eigenvalue weighted by atomic mass is 15.2. The van der Waals surface area contributed by atoms with Crippen molar-refractivity contribution < 1.29 is 0 Å². The standard InChI is InChI=1S/C53H43N5/c1-33-52(2,3)42-31-28-36(32-43(42)53(33,4)5)37-22-12-15-25-44(37)57-45-26-16-13-23-38(45)40-29-30-41-39-24-14-17-27-46(39)58(48(41)47(40)57)51-55-49(34-18-8-6-9-19-34)54-50(56-51)35-20-10-7-11-21-35/h6-33H,1-5H3. The first-order valence-electron chi connectivity index (χ1n) is 20.3. The maximum atomic E-state index is 5.30. The summed E-state index contributed by atoms with van der Waals surface area (Å²) in [5.41, 5.74) is 12.8. The molecular weight excluding hydrogens is 707 g/mol. The molecule has 0 N–H and O–H groups in total. The van der Waals surface area contributed by atoms with Gasteiger partial charge in [-0.1, -0.05) is 180 Å². The molecule has 0 aliphatic heterocycles. The minimum atomic E-state index is 0.0471. The van der Waals surface area contributed by atoms with Gasteiger partial charge in [0.2, 0.25) is 5.95 Å². The van der Waals surface area contributed by atoms with E-state index in [0.29, 0.717) is 23.5 Å². The monoisotopic (exact) mass is 749 g/mol. The summed E-state index contributed by atoms with van der Waals surface area (Å²) in [6.45, 7) is 12.0. The van der Waals surface area contributed by atoms with Gasteiger partial charge in [0.1, 0.15) is 0 Å². The first kappa shape index (κ1) is 34.4. The third-order valence-corrected chi connectivity index (χ3v) is 13.4. The van der Waals surface area contributed by atoms with Gasteiger partial charge in [-0.2, -0.15) is 9.97 Å². The van der Waals surface area contributed by atoms with E-state index in [-0.39, 0.29) is 10.8 Å². The third kappa shape index (κ3) is 4.92. The molecule has 1 aliphatic carbocycles. The van der Waals surface area contributed by atoms with Gasteiger partial charge in [-0.3, -0.25) is 4.57 Å². The van der Waals surface area contributed by atoms with Crippen molar-refractivity contribution in [2.45, 2.75) is 45.4 Å². The van der Waals surface area contributed by atoms with E-state index in [4.69, 9.17) is 15.0 Å². The summed E-state index contributed by atoms with van der Waals surface area (Å²) in [7, 11) is 0. The van der Waals surface area contributed by atoms with E-state index < -0.39 is 0 Å². The quantitative estimate of drug-likeness (QED) is 0.176. The first-order valence-corrected chi connectivity index (χ1v) is 20.3. The lowest BCUT2D eigenvalue weighted by Crippen LogP contribution is -2.30. The van der Waals surface area contributed by atoms with Gasteiger partial charge in [0.25, 0.3) is 0 Å². The molecule has 0 amide bonds. The van der Waals surface area contributed by atoms with Crippen molar-refractivity contribution in [2.75, 3.05) is 0 Å². The predicted molar refractivity (Wildman–Crippen MR) is 240 cm³/mol. The van der Waals surface area contributed by atoms with E-state index in [1.165, 1.54) is 33.0 Å². The van der Waals surface area contributed by atoms with Crippen LogP contribution in [0.5, 0.6) is 0 Å². The van der Waals surface area contributed by atoms with Crippen molar-refractivity contribution in [1.82, 2.24) is 24.1 Å². The van der Waals surface area contributed by atoms with Gasteiger partial charge in [0.15, 0.2) is 11.6 Å². The molecule has 3 heterocycles. The maximum absolute atomic E-state index is 5.30. The average molecular weight is 750 g/mol. The van der Waals surface area contributed by atoms with Crippen LogP contribution in [0.2, 0.25) is 0 Å². The number of aromatic nitrogens is 5. The molecular formula is C53H43N5. The van der Waals surface area contributed by atoms with Crippen LogP contribution in [0.1, 0.15) is 45.7 Å². The second-order valence-electron chi connectivity index (χ2n) is 17.0. The molecule has 58 heavy (non-hydrogen) atoms. The van der Waals surface area contributed by atoms with Crippen molar-refractivity contribution in [3.8, 4) is 45.5 Å². The van der Waals surface area contributed by atoms with Gasteiger partial charge in [-0.15, -0.1) is 0 Å². The van der Waals surface area contributed by atoms with Gasteiger partial charge in [0, 0.05) is 38.2 Å². The number of para-hydroxylation sites is 3. The Balaban J connectivity index is 1.26. The van der Waals surface area contributed by atoms with Gasteiger partial charge in [-0.05, 0) is 51.6 Å². The highest BCUT2D eigenvalue weighted by Gasteiger charge is 2.48. The van der Waals surface area contributed by atoms with Crippen LogP contribution in [0.15, 0.2) is 164 Å². The Kier molecular flexibility index (Phi) is 7.46. The highest BCUT2D eigenvalue weighted by molar-refractivity contribution is 6.24. The van der Waals surface area contributed by atoms with Crippen molar-refractivity contribution in [1.29, 1.82) is 0 Å². The number of fused-ring (bicyclic) bond motifs is 8. The molecule has 3 aromatic heterocycles. The summed E-state index contributed by atoms with van der Waals surface area (Å²) >= 11 is 0. The lowest BCUT2D eigenvalue weighted by atomic mass is 9.71. The molecule has 0 saturated carbocycles. The van der Waals surface area contributed by atoms with Crippen molar-refractivity contribution >= 4 is 43.6 Å². The zero-order valence-corrected chi connectivity index (χ0v) is 33.4. The maximum Gasteiger partial charge on any atom is 0.238 e. The Morgan fingerprint density at radius 3 is 1.55 bits per heavy atom. The van der Waals surface area contributed by atoms with E-state index in [1.807, 2.05) is 36.4 Å². The Bertz CT molecular complexity index is 3180. The van der Waals surface area contributed by atoms with E-state index in [2.05, 4.69) is 171 Å². The molecule has 5 heteroatoms. The second-order valence-corrected chi connectivity index (χ2v) is 17.0. The molecule has 1 atom stereocenters. The Morgan fingerprint density at radius 2 is 0.931 bits per heavy atom. The van der Waals surface area contributed by atoms with Crippen LogP contribution < -0.4 is 0 Å². The van der Waals surface area contributed by atoms with Gasteiger partial charge >= 0.3 is 0 Å². The second kappa shape index (κ2) is 12.6. The van der Waals surface area contributed by atoms with Crippen molar-refractivity contribution in [2.24, 2.45) is 5.92 Å². The molecule has 10 aromatic rings. The van der Waals surface area contributed by atoms with Crippen LogP contribution in [0.25, 0.3) is 89.2 Å². The summed E-state index contributed by atoms with van der Waals surface area (Å²) in [5.74, 6) is 2.35. The molecule has 0 fully saturated rings. The smallest absolute Gasteiger partial charge is 0.238 e. The number of rotatable bonds is 5. The van der Waals surface area contributed by atoms with Crippen LogP contribution in [-0.2, 0) is 10.8 Å². The van der Waals surface area contributed by atoms with Crippen LogP contribution in [0, 0.1) is 5.92 Å². The molecule has 0 bridgehead atoms. The Hall–Kier alpha value is -6.85. The zero-order chi connectivity index (χ0) is 39.3. The summed E-state index contributed by atoms with van der Waals surface area (Å²) in [4.78, 5) is 15.7.